The molecular formula is C21H33F3N4O7. The fourth-order valence-corrected chi connectivity index (χ4v) is 3.60. The molecule has 1 aromatic rings. The summed E-state index contributed by atoms with van der Waals surface area (Å²) in [7, 11) is 0. The Morgan fingerprint density at radius 1 is 1.17 bits per heavy atom. The lowest BCUT2D eigenvalue weighted by atomic mass is 9.83. The molecule has 5 N–H and O–H groups in total. The van der Waals surface area contributed by atoms with Crippen molar-refractivity contribution in [2.24, 2.45) is 11.7 Å². The van der Waals surface area contributed by atoms with Crippen molar-refractivity contribution in [1.29, 1.82) is 0 Å². The normalized spacial score (nSPS) is 24.8. The highest BCUT2D eigenvalue weighted by Gasteiger charge is 2.45. The Hall–Kier alpha value is -2.10. The van der Waals surface area contributed by atoms with E-state index in [1.54, 1.807) is 0 Å². The van der Waals surface area contributed by atoms with Gasteiger partial charge in [-0.15, -0.1) is 0 Å². The van der Waals surface area contributed by atoms with Crippen molar-refractivity contribution in [3.05, 3.63) is 11.8 Å². The van der Waals surface area contributed by atoms with E-state index in [9.17, 15) is 28.2 Å². The van der Waals surface area contributed by atoms with Crippen LogP contribution in [0.15, 0.2) is 6.07 Å². The van der Waals surface area contributed by atoms with Gasteiger partial charge in [-0.25, -0.2) is 4.98 Å². The first-order valence-corrected chi connectivity index (χ1v) is 11.4. The van der Waals surface area contributed by atoms with Gasteiger partial charge in [0.15, 0.2) is 5.69 Å². The summed E-state index contributed by atoms with van der Waals surface area (Å²) in [6.45, 7) is 2.70. The second kappa shape index (κ2) is 14.5. The minimum Gasteiger partial charge on any atom is -0.475 e. The number of aromatic nitrogens is 2. The number of nitrogens with one attached hydrogen (secondary N) is 1. The van der Waals surface area contributed by atoms with Crippen LogP contribution in [0.3, 0.4) is 0 Å². The largest absolute Gasteiger partial charge is 0.475 e. The van der Waals surface area contributed by atoms with E-state index in [1.165, 1.54) is 0 Å². The van der Waals surface area contributed by atoms with E-state index in [-0.39, 0.29) is 25.7 Å². The lowest BCUT2D eigenvalue weighted by Crippen LogP contribution is -2.58. The van der Waals surface area contributed by atoms with Gasteiger partial charge < -0.3 is 45.0 Å². The number of aldehydes is 1. The number of carbonyl (C=O) groups excluding carboxylic acids is 1. The zero-order chi connectivity index (χ0) is 25.8. The number of alkyl halides is 3. The van der Waals surface area contributed by atoms with Crippen molar-refractivity contribution in [1.82, 2.24) is 9.97 Å². The van der Waals surface area contributed by atoms with Crippen molar-refractivity contribution in [2.45, 2.75) is 50.3 Å². The van der Waals surface area contributed by atoms with Crippen LogP contribution in [0.1, 0.15) is 25.5 Å². The molecule has 2 rings (SSSR count). The topological polar surface area (TPSA) is 158 Å². The standard InChI is InChI=1S/C21H33F3N4O7/c1-2-3-14-18(13(11-29)19(31)15(12-30)35-14)28-20-26-16(21(22,23)24)10-17(27-20)34-9-8-33-7-6-32-5-4-25/h10-11,13-15,18-19,30-31H,2-9,12,25H2,1H3,(H,26,27,28)/t13-,14-,15-,18-,19-/m1/s1. The molecule has 200 valence electrons. The van der Waals surface area contributed by atoms with E-state index < -0.39 is 54.7 Å². The summed E-state index contributed by atoms with van der Waals surface area (Å²) < 4.78 is 61.8. The summed E-state index contributed by atoms with van der Waals surface area (Å²) >= 11 is 0. The second-order valence-corrected chi connectivity index (χ2v) is 7.83. The van der Waals surface area contributed by atoms with E-state index in [4.69, 9.17) is 24.7 Å². The summed E-state index contributed by atoms with van der Waals surface area (Å²) in [5.74, 6) is -1.87. The number of hydrogen-bond donors (Lipinski definition) is 4. The van der Waals surface area contributed by atoms with Crippen LogP contribution < -0.4 is 15.8 Å². The predicted molar refractivity (Wildman–Crippen MR) is 117 cm³/mol. The zero-order valence-corrected chi connectivity index (χ0v) is 19.4. The quantitative estimate of drug-likeness (QED) is 0.191. The number of nitrogens with zero attached hydrogens (tertiary/aromatic N) is 2. The number of hydrogen-bond acceptors (Lipinski definition) is 11. The van der Waals surface area contributed by atoms with E-state index >= 15 is 0 Å². The van der Waals surface area contributed by atoms with Gasteiger partial charge in [0.1, 0.15) is 19.0 Å². The Kier molecular flexibility index (Phi) is 12.0. The number of anilines is 1. The number of rotatable bonds is 15. The van der Waals surface area contributed by atoms with Crippen LogP contribution in [-0.4, -0.2) is 97.0 Å². The molecular weight excluding hydrogens is 477 g/mol. The minimum absolute atomic E-state index is 0.0799. The Bertz CT molecular complexity index is 775. The van der Waals surface area contributed by atoms with Gasteiger partial charge in [0.05, 0.1) is 57.2 Å². The number of aliphatic hydroxyl groups excluding tert-OH is 2. The smallest absolute Gasteiger partial charge is 0.433 e. The van der Waals surface area contributed by atoms with E-state index in [0.29, 0.717) is 45.0 Å². The fourth-order valence-electron chi connectivity index (χ4n) is 3.60. The molecule has 11 nitrogen and oxygen atoms in total. The number of aliphatic hydroxyl groups is 2. The van der Waals surface area contributed by atoms with Crippen molar-refractivity contribution in [3.63, 3.8) is 0 Å². The molecule has 0 aromatic carbocycles. The van der Waals surface area contributed by atoms with Crippen LogP contribution >= 0.6 is 0 Å². The van der Waals surface area contributed by atoms with Crippen LogP contribution in [0.5, 0.6) is 5.88 Å². The third-order valence-electron chi connectivity index (χ3n) is 5.25. The molecule has 1 fully saturated rings. The molecule has 0 amide bonds. The highest BCUT2D eigenvalue weighted by Crippen LogP contribution is 2.33. The molecule has 0 bridgehead atoms. The summed E-state index contributed by atoms with van der Waals surface area (Å²) in [5, 5.41) is 22.6. The molecule has 5 atom stereocenters. The Morgan fingerprint density at radius 2 is 1.86 bits per heavy atom. The second-order valence-electron chi connectivity index (χ2n) is 7.83. The van der Waals surface area contributed by atoms with Gasteiger partial charge >= 0.3 is 6.18 Å². The SMILES string of the molecule is CCC[C@H]1O[C@H](CO)[C@H](O)[C@H](C=O)[C@H]1Nc1nc(OCCOCCOCCN)cc(C(F)(F)F)n1. The maximum atomic E-state index is 13.4. The molecule has 0 saturated carbocycles. The molecule has 0 radical (unpaired) electrons. The average Bonchev–Trinajstić information content (AvgIpc) is 2.82. The summed E-state index contributed by atoms with van der Waals surface area (Å²) in [5.41, 5.74) is 4.05. The summed E-state index contributed by atoms with van der Waals surface area (Å²) in [6, 6.07) is -0.275. The van der Waals surface area contributed by atoms with E-state index in [0.717, 1.165) is 0 Å². The maximum Gasteiger partial charge on any atom is 0.433 e. The molecule has 35 heavy (non-hydrogen) atoms. The van der Waals surface area contributed by atoms with E-state index in [2.05, 4.69) is 15.3 Å². The van der Waals surface area contributed by atoms with Gasteiger partial charge in [-0.05, 0) is 6.42 Å². The molecule has 0 spiro atoms. The average molecular weight is 511 g/mol. The lowest BCUT2D eigenvalue weighted by molar-refractivity contribution is -0.167. The van der Waals surface area contributed by atoms with Gasteiger partial charge in [0, 0.05) is 12.6 Å². The maximum absolute atomic E-state index is 13.4. The molecule has 2 heterocycles. The molecule has 1 aromatic heterocycles. The number of nitrogens with two attached hydrogens (primary N) is 1. The summed E-state index contributed by atoms with van der Waals surface area (Å²) in [4.78, 5) is 19.3. The highest BCUT2D eigenvalue weighted by atomic mass is 19.4. The molecule has 14 heteroatoms. The Morgan fingerprint density at radius 3 is 2.46 bits per heavy atom. The molecule has 0 unspecified atom stereocenters. The Balaban J connectivity index is 2.14. The fraction of sp³-hybridized carbons (Fsp3) is 0.762. The summed E-state index contributed by atoms with van der Waals surface area (Å²) in [6.07, 6.45) is -6.32. The molecule has 1 aliphatic rings. The minimum atomic E-state index is -4.79. The van der Waals surface area contributed by atoms with Gasteiger partial charge in [-0.3, -0.25) is 0 Å². The van der Waals surface area contributed by atoms with Crippen LogP contribution in [-0.2, 0) is 25.2 Å². The van der Waals surface area contributed by atoms with Crippen LogP contribution in [0.2, 0.25) is 0 Å². The third kappa shape index (κ3) is 8.81. The van der Waals surface area contributed by atoms with Crippen molar-refractivity contribution < 1.29 is 47.1 Å². The van der Waals surface area contributed by atoms with Crippen molar-refractivity contribution >= 4 is 12.2 Å². The predicted octanol–water partition coefficient (Wildman–Crippen LogP) is 0.382. The van der Waals surface area contributed by atoms with Gasteiger partial charge in [0.2, 0.25) is 11.8 Å². The number of ether oxygens (including phenoxy) is 4. The van der Waals surface area contributed by atoms with Crippen LogP contribution in [0, 0.1) is 5.92 Å². The van der Waals surface area contributed by atoms with Gasteiger partial charge in [0.25, 0.3) is 0 Å². The third-order valence-corrected chi connectivity index (χ3v) is 5.25. The first kappa shape index (κ1) is 29.1. The van der Waals surface area contributed by atoms with Crippen LogP contribution in [0.4, 0.5) is 19.1 Å². The first-order chi connectivity index (χ1) is 16.7. The molecule has 0 aliphatic carbocycles. The molecule has 1 saturated heterocycles. The van der Waals surface area contributed by atoms with Crippen LogP contribution in [0.25, 0.3) is 0 Å². The van der Waals surface area contributed by atoms with Gasteiger partial charge in [-0.2, -0.15) is 18.2 Å². The monoisotopic (exact) mass is 510 g/mol. The van der Waals surface area contributed by atoms with Crippen molar-refractivity contribution in [2.75, 3.05) is 51.5 Å². The van der Waals surface area contributed by atoms with Gasteiger partial charge in [-0.1, -0.05) is 13.3 Å². The Labute approximate surface area is 201 Å². The first-order valence-electron chi connectivity index (χ1n) is 11.4. The number of halogens is 3. The lowest BCUT2D eigenvalue weighted by Gasteiger charge is -2.43. The zero-order valence-electron chi connectivity index (χ0n) is 19.4. The van der Waals surface area contributed by atoms with E-state index in [1.807, 2.05) is 6.92 Å². The highest BCUT2D eigenvalue weighted by molar-refractivity contribution is 5.58. The van der Waals surface area contributed by atoms with Crippen molar-refractivity contribution in [3.8, 4) is 5.88 Å². The molecule has 1 aliphatic heterocycles. The number of carbonyl (C=O) groups is 1.